The highest BCUT2D eigenvalue weighted by molar-refractivity contribution is 7.89. The van der Waals surface area contributed by atoms with E-state index in [1.807, 2.05) is 6.92 Å². The van der Waals surface area contributed by atoms with E-state index in [4.69, 9.17) is 5.90 Å². The molecule has 5 nitrogen and oxygen atoms in total. The molecule has 0 fully saturated rings. The molecule has 0 aromatic heterocycles. The van der Waals surface area contributed by atoms with Crippen molar-refractivity contribution in [2.75, 3.05) is 13.2 Å². The van der Waals surface area contributed by atoms with Crippen molar-refractivity contribution in [3.8, 4) is 0 Å². The largest absolute Gasteiger partial charge is 0.304 e. The summed E-state index contributed by atoms with van der Waals surface area (Å²) in [5.74, 6) is 4.94. The van der Waals surface area contributed by atoms with Gasteiger partial charge in [-0.05, 0) is 30.5 Å². The van der Waals surface area contributed by atoms with Crippen LogP contribution in [0.1, 0.15) is 25.3 Å². The Balaban J connectivity index is 2.65. The molecule has 18 heavy (non-hydrogen) atoms. The maximum atomic E-state index is 11.9. The lowest BCUT2D eigenvalue weighted by atomic mass is 10.2. The maximum Gasteiger partial charge on any atom is 0.240 e. The molecular formula is C12H20N2O3S. The first-order chi connectivity index (χ1) is 8.60. The van der Waals surface area contributed by atoms with Crippen molar-refractivity contribution in [3.05, 3.63) is 29.8 Å². The minimum atomic E-state index is -3.38. The summed E-state index contributed by atoms with van der Waals surface area (Å²) in [6.07, 6.45) is 2.46. The molecule has 6 heteroatoms. The summed E-state index contributed by atoms with van der Waals surface area (Å²) in [6.45, 7) is 2.91. The highest BCUT2D eigenvalue weighted by Crippen LogP contribution is 2.11. The lowest BCUT2D eigenvalue weighted by Crippen LogP contribution is -2.24. The van der Waals surface area contributed by atoms with Crippen LogP contribution < -0.4 is 10.6 Å². The summed E-state index contributed by atoms with van der Waals surface area (Å²) < 4.78 is 26.3. The molecular weight excluding hydrogens is 252 g/mol. The highest BCUT2D eigenvalue weighted by Gasteiger charge is 2.12. The Morgan fingerprint density at radius 1 is 1.28 bits per heavy atom. The van der Waals surface area contributed by atoms with Crippen LogP contribution in [0.5, 0.6) is 0 Å². The summed E-state index contributed by atoms with van der Waals surface area (Å²) in [7, 11) is -3.38. The third kappa shape index (κ3) is 4.73. The van der Waals surface area contributed by atoms with Crippen molar-refractivity contribution in [1.29, 1.82) is 0 Å². The van der Waals surface area contributed by atoms with Gasteiger partial charge in [0.05, 0.1) is 11.5 Å². The van der Waals surface area contributed by atoms with Crippen molar-refractivity contribution >= 4 is 10.0 Å². The average molecular weight is 272 g/mol. The zero-order valence-electron chi connectivity index (χ0n) is 10.6. The molecule has 1 aromatic rings. The molecule has 0 aliphatic heterocycles. The van der Waals surface area contributed by atoms with Gasteiger partial charge in [0.1, 0.15) is 0 Å². The van der Waals surface area contributed by atoms with Crippen molar-refractivity contribution in [1.82, 2.24) is 4.72 Å². The molecule has 0 atom stereocenters. The number of sulfonamides is 1. The van der Waals surface area contributed by atoms with Crippen LogP contribution in [0.15, 0.2) is 29.2 Å². The van der Waals surface area contributed by atoms with Crippen molar-refractivity contribution in [2.24, 2.45) is 5.90 Å². The molecule has 0 spiro atoms. The average Bonchev–Trinajstić information content (AvgIpc) is 2.37. The van der Waals surface area contributed by atoms with E-state index in [0.29, 0.717) is 19.6 Å². The molecule has 0 amide bonds. The highest BCUT2D eigenvalue weighted by atomic mass is 32.2. The van der Waals surface area contributed by atoms with E-state index in [9.17, 15) is 8.42 Å². The van der Waals surface area contributed by atoms with E-state index in [-0.39, 0.29) is 4.90 Å². The van der Waals surface area contributed by atoms with Gasteiger partial charge in [0.15, 0.2) is 0 Å². The van der Waals surface area contributed by atoms with Crippen LogP contribution in [0.4, 0.5) is 0 Å². The van der Waals surface area contributed by atoms with E-state index in [2.05, 4.69) is 9.56 Å². The van der Waals surface area contributed by atoms with E-state index in [1.165, 1.54) is 0 Å². The lowest BCUT2D eigenvalue weighted by molar-refractivity contribution is 0.141. The van der Waals surface area contributed by atoms with Crippen LogP contribution in [0.3, 0.4) is 0 Å². The molecule has 0 aliphatic carbocycles. The van der Waals surface area contributed by atoms with Gasteiger partial charge >= 0.3 is 0 Å². The second kappa shape index (κ2) is 7.48. The van der Waals surface area contributed by atoms with E-state index in [0.717, 1.165) is 18.4 Å². The fourth-order valence-corrected chi connectivity index (χ4v) is 2.55. The Bertz CT molecular complexity index is 443. The van der Waals surface area contributed by atoms with Crippen LogP contribution >= 0.6 is 0 Å². The molecule has 0 saturated carbocycles. The predicted octanol–water partition coefficient (Wildman–Crippen LogP) is 1.20. The number of hydrogen-bond acceptors (Lipinski definition) is 4. The normalized spacial score (nSPS) is 11.7. The second-order valence-corrected chi connectivity index (χ2v) is 5.78. The van der Waals surface area contributed by atoms with E-state index in [1.54, 1.807) is 24.3 Å². The molecule has 3 N–H and O–H groups in total. The Hall–Kier alpha value is -0.950. The number of rotatable bonds is 8. The Kier molecular flexibility index (Phi) is 6.28. The molecule has 1 aromatic carbocycles. The van der Waals surface area contributed by atoms with Crippen LogP contribution in [-0.4, -0.2) is 21.6 Å². The number of nitrogens with two attached hydrogens (primary N) is 1. The number of unbranched alkanes of at least 4 members (excludes halogenated alkanes) is 1. The molecule has 0 saturated heterocycles. The first kappa shape index (κ1) is 15.1. The SMILES string of the molecule is CCCCNS(=O)(=O)c1ccc(CCON)cc1. The second-order valence-electron chi connectivity index (χ2n) is 4.02. The van der Waals surface area contributed by atoms with Crippen LogP contribution in [0.25, 0.3) is 0 Å². The first-order valence-electron chi connectivity index (χ1n) is 6.00. The predicted molar refractivity (Wildman–Crippen MR) is 70.4 cm³/mol. The van der Waals surface area contributed by atoms with Crippen molar-refractivity contribution < 1.29 is 13.3 Å². The number of benzene rings is 1. The Labute approximate surface area is 108 Å². The Morgan fingerprint density at radius 3 is 2.50 bits per heavy atom. The summed E-state index contributed by atoms with van der Waals surface area (Å²) in [5, 5.41) is 0. The van der Waals surface area contributed by atoms with Crippen LogP contribution in [0, 0.1) is 0 Å². The summed E-state index contributed by atoms with van der Waals surface area (Å²) >= 11 is 0. The van der Waals surface area contributed by atoms with Crippen LogP contribution in [0.2, 0.25) is 0 Å². The van der Waals surface area contributed by atoms with E-state index < -0.39 is 10.0 Å². The van der Waals surface area contributed by atoms with Gasteiger partial charge in [-0.1, -0.05) is 25.5 Å². The third-order valence-corrected chi connectivity index (χ3v) is 4.04. The maximum absolute atomic E-state index is 11.9. The van der Waals surface area contributed by atoms with Crippen molar-refractivity contribution in [3.63, 3.8) is 0 Å². The molecule has 102 valence electrons. The van der Waals surface area contributed by atoms with Gasteiger partial charge < -0.3 is 4.84 Å². The van der Waals surface area contributed by atoms with Gasteiger partial charge in [-0.15, -0.1) is 0 Å². The summed E-state index contributed by atoms with van der Waals surface area (Å²) in [4.78, 5) is 4.77. The molecule has 0 aliphatic rings. The lowest BCUT2D eigenvalue weighted by Gasteiger charge is -2.07. The fraction of sp³-hybridized carbons (Fsp3) is 0.500. The van der Waals surface area contributed by atoms with Gasteiger partial charge in [-0.25, -0.2) is 19.0 Å². The zero-order chi connectivity index (χ0) is 13.4. The smallest absolute Gasteiger partial charge is 0.240 e. The van der Waals surface area contributed by atoms with Crippen LogP contribution in [-0.2, 0) is 21.3 Å². The van der Waals surface area contributed by atoms with Gasteiger partial charge in [0.2, 0.25) is 10.0 Å². The molecule has 0 heterocycles. The fourth-order valence-electron chi connectivity index (χ4n) is 1.48. The van der Waals surface area contributed by atoms with Gasteiger partial charge in [-0.3, -0.25) is 0 Å². The summed E-state index contributed by atoms with van der Waals surface area (Å²) in [5.41, 5.74) is 0.993. The van der Waals surface area contributed by atoms with Crippen molar-refractivity contribution in [2.45, 2.75) is 31.1 Å². The molecule has 0 radical (unpaired) electrons. The van der Waals surface area contributed by atoms with Gasteiger partial charge in [0, 0.05) is 6.54 Å². The zero-order valence-corrected chi connectivity index (χ0v) is 11.4. The van der Waals surface area contributed by atoms with E-state index >= 15 is 0 Å². The minimum absolute atomic E-state index is 0.288. The quantitative estimate of drug-likeness (QED) is 0.550. The number of hydrogen-bond donors (Lipinski definition) is 2. The summed E-state index contributed by atoms with van der Waals surface area (Å²) in [6, 6.07) is 6.74. The minimum Gasteiger partial charge on any atom is -0.304 e. The van der Waals surface area contributed by atoms with Gasteiger partial charge in [-0.2, -0.15) is 0 Å². The monoisotopic (exact) mass is 272 g/mol. The Morgan fingerprint density at radius 2 is 1.94 bits per heavy atom. The van der Waals surface area contributed by atoms with Gasteiger partial charge in [0.25, 0.3) is 0 Å². The topological polar surface area (TPSA) is 81.4 Å². The number of nitrogens with one attached hydrogen (secondary N) is 1. The molecule has 1 rings (SSSR count). The molecule has 0 bridgehead atoms. The third-order valence-electron chi connectivity index (χ3n) is 2.56. The molecule has 0 unspecified atom stereocenters. The first-order valence-corrected chi connectivity index (χ1v) is 7.48. The standard InChI is InChI=1S/C12H20N2O3S/c1-2-3-9-14-18(15,16)12-6-4-11(5-7-12)8-10-17-13/h4-7,14H,2-3,8-10,13H2,1H3.